The van der Waals surface area contributed by atoms with E-state index in [1.165, 1.54) is 12.8 Å². The van der Waals surface area contributed by atoms with Crippen molar-refractivity contribution < 1.29 is 51.8 Å². The van der Waals surface area contributed by atoms with E-state index in [2.05, 4.69) is 26.6 Å². The van der Waals surface area contributed by atoms with E-state index in [-0.39, 0.29) is 0 Å². The molecule has 0 aliphatic rings. The number of ether oxygens (including phenoxy) is 10. The van der Waals surface area contributed by atoms with Crippen LogP contribution in [0.15, 0.2) is 0 Å². The van der Waals surface area contributed by atoms with Crippen LogP contribution in [0.3, 0.4) is 0 Å². The van der Waals surface area contributed by atoms with Crippen LogP contribution in [0.5, 0.6) is 0 Å². The highest BCUT2D eigenvalue weighted by molar-refractivity contribution is 6.69. The first kappa shape index (κ1) is 39.8. The van der Waals surface area contributed by atoms with E-state index in [0.717, 1.165) is 13.0 Å². The van der Waals surface area contributed by atoms with Crippen molar-refractivity contribution >= 4 is 8.32 Å². The highest BCUT2D eigenvalue weighted by Gasteiger charge is 2.13. The highest BCUT2D eigenvalue weighted by Crippen LogP contribution is 2.01. The molecule has 11 nitrogen and oxygen atoms in total. The van der Waals surface area contributed by atoms with Gasteiger partial charge in [0.05, 0.1) is 132 Å². The largest absolute Gasteiger partial charge is 0.415 e. The summed E-state index contributed by atoms with van der Waals surface area (Å²) >= 11 is 0. The van der Waals surface area contributed by atoms with Crippen LogP contribution in [0.4, 0.5) is 0 Å². The van der Waals surface area contributed by atoms with Gasteiger partial charge in [0.15, 0.2) is 8.32 Å². The first-order valence-electron chi connectivity index (χ1n) is 15.0. The van der Waals surface area contributed by atoms with Gasteiger partial charge < -0.3 is 51.8 Å². The van der Waals surface area contributed by atoms with Crippen LogP contribution in [0, 0.1) is 0 Å². The maximum atomic E-state index is 5.71. The van der Waals surface area contributed by atoms with Gasteiger partial charge in [0, 0.05) is 6.61 Å². The third kappa shape index (κ3) is 37.8. The number of rotatable bonds is 35. The molecule has 242 valence electrons. The Morgan fingerprint density at radius 3 is 0.750 bits per heavy atom. The van der Waals surface area contributed by atoms with Gasteiger partial charge in [-0.05, 0) is 26.1 Å². The zero-order chi connectivity index (χ0) is 29.2. The molecule has 40 heavy (non-hydrogen) atoms. The Bertz CT molecular complexity index is 470. The Hall–Kier alpha value is -0.223. The zero-order valence-electron chi connectivity index (χ0n) is 26.0. The molecule has 0 aromatic rings. The molecule has 0 atom stereocenters. The van der Waals surface area contributed by atoms with Gasteiger partial charge in [0.25, 0.3) is 0 Å². The predicted molar refractivity (Wildman–Crippen MR) is 157 cm³/mol. The zero-order valence-corrected chi connectivity index (χ0v) is 27.0. The molecular weight excluding hydrogens is 540 g/mol. The Kier molecular flexibility index (Phi) is 33.1. The van der Waals surface area contributed by atoms with Crippen LogP contribution in [0.2, 0.25) is 19.6 Å². The summed E-state index contributed by atoms with van der Waals surface area (Å²) in [4.78, 5) is 0. The molecule has 0 aliphatic carbocycles. The van der Waals surface area contributed by atoms with Gasteiger partial charge >= 0.3 is 0 Å². The molecule has 0 aromatic heterocycles. The summed E-state index contributed by atoms with van der Waals surface area (Å²) in [5.74, 6) is 0. The lowest BCUT2D eigenvalue weighted by Crippen LogP contribution is -2.27. The molecule has 0 fully saturated rings. The fraction of sp³-hybridized carbons (Fsp3) is 1.00. The normalized spacial score (nSPS) is 12.0. The van der Waals surface area contributed by atoms with E-state index >= 15 is 0 Å². The van der Waals surface area contributed by atoms with E-state index in [9.17, 15) is 0 Å². The molecular formula is C28H60O11Si. The standard InChI is InChI=1S/C28H60O11Si/c1-5-6-7-8-29-9-10-30-11-12-31-13-14-32-15-16-33-17-18-34-19-20-35-21-22-36-23-24-37-25-26-38-27-28-39-40(2,3)4/h5-28H2,1-4H3. The lowest BCUT2D eigenvalue weighted by molar-refractivity contribution is -0.0267. The average molecular weight is 601 g/mol. The summed E-state index contributed by atoms with van der Waals surface area (Å²) in [6.45, 7) is 20.7. The van der Waals surface area contributed by atoms with Crippen molar-refractivity contribution in [1.82, 2.24) is 0 Å². The summed E-state index contributed by atoms with van der Waals surface area (Å²) in [6.07, 6.45) is 3.55. The monoisotopic (exact) mass is 600 g/mol. The van der Waals surface area contributed by atoms with Crippen molar-refractivity contribution in [3.63, 3.8) is 0 Å². The highest BCUT2D eigenvalue weighted by atomic mass is 28.4. The van der Waals surface area contributed by atoms with Crippen molar-refractivity contribution in [2.75, 3.05) is 139 Å². The minimum absolute atomic E-state index is 0.527. The summed E-state index contributed by atoms with van der Waals surface area (Å²) < 4.78 is 60.4. The van der Waals surface area contributed by atoms with E-state index < -0.39 is 8.32 Å². The van der Waals surface area contributed by atoms with Crippen LogP contribution in [-0.2, 0) is 51.8 Å². The topological polar surface area (TPSA) is 102 Å². The first-order chi connectivity index (χ1) is 19.6. The fourth-order valence-corrected chi connectivity index (χ4v) is 3.64. The second-order valence-corrected chi connectivity index (χ2v) is 14.3. The van der Waals surface area contributed by atoms with Gasteiger partial charge in [0.1, 0.15) is 0 Å². The van der Waals surface area contributed by atoms with Crippen LogP contribution in [-0.4, -0.2) is 147 Å². The summed E-state index contributed by atoms with van der Waals surface area (Å²) in [7, 11) is -1.44. The van der Waals surface area contributed by atoms with Gasteiger partial charge in [-0.15, -0.1) is 0 Å². The molecule has 0 bridgehead atoms. The van der Waals surface area contributed by atoms with Crippen LogP contribution in [0.1, 0.15) is 26.2 Å². The van der Waals surface area contributed by atoms with Gasteiger partial charge in [-0.3, -0.25) is 0 Å². The Morgan fingerprint density at radius 2 is 0.525 bits per heavy atom. The van der Waals surface area contributed by atoms with Gasteiger partial charge in [-0.25, -0.2) is 0 Å². The number of hydrogen-bond donors (Lipinski definition) is 0. The van der Waals surface area contributed by atoms with Crippen molar-refractivity contribution in [3.8, 4) is 0 Å². The molecule has 0 amide bonds. The predicted octanol–water partition coefficient (Wildman–Crippen LogP) is 3.19. The van der Waals surface area contributed by atoms with E-state index in [0.29, 0.717) is 132 Å². The summed E-state index contributed by atoms with van der Waals surface area (Å²) in [5.41, 5.74) is 0. The van der Waals surface area contributed by atoms with Crippen LogP contribution in [0.25, 0.3) is 0 Å². The van der Waals surface area contributed by atoms with Crippen LogP contribution >= 0.6 is 0 Å². The van der Waals surface area contributed by atoms with E-state index in [4.69, 9.17) is 51.8 Å². The van der Waals surface area contributed by atoms with Crippen molar-refractivity contribution in [2.24, 2.45) is 0 Å². The van der Waals surface area contributed by atoms with E-state index in [1.54, 1.807) is 0 Å². The Morgan fingerprint density at radius 1 is 0.300 bits per heavy atom. The molecule has 0 N–H and O–H groups in total. The molecule has 0 rings (SSSR count). The van der Waals surface area contributed by atoms with Crippen molar-refractivity contribution in [2.45, 2.75) is 45.8 Å². The fourth-order valence-electron chi connectivity index (χ4n) is 2.94. The lowest BCUT2D eigenvalue weighted by atomic mass is 10.3. The Balaban J connectivity index is 3.04. The average Bonchev–Trinajstić information content (AvgIpc) is 2.92. The molecule has 0 saturated heterocycles. The molecule has 0 unspecified atom stereocenters. The third-order valence-corrected chi connectivity index (χ3v) is 6.07. The smallest absolute Gasteiger partial charge is 0.183 e. The van der Waals surface area contributed by atoms with Crippen LogP contribution < -0.4 is 0 Å². The molecule has 0 spiro atoms. The number of unbranched alkanes of at least 4 members (excludes halogenated alkanes) is 2. The SMILES string of the molecule is CCCCCOCCOCCOCCOCCOCCOCCOCCOCCOCCOCCO[Si](C)(C)C. The van der Waals surface area contributed by atoms with Gasteiger partial charge in [0.2, 0.25) is 0 Å². The molecule has 0 radical (unpaired) electrons. The minimum atomic E-state index is -1.44. The maximum Gasteiger partial charge on any atom is 0.183 e. The molecule has 0 aliphatic heterocycles. The van der Waals surface area contributed by atoms with Crippen molar-refractivity contribution in [3.05, 3.63) is 0 Å². The third-order valence-electron chi connectivity index (χ3n) is 5.00. The van der Waals surface area contributed by atoms with Gasteiger partial charge in [-0.1, -0.05) is 19.8 Å². The van der Waals surface area contributed by atoms with Gasteiger partial charge in [-0.2, -0.15) is 0 Å². The maximum absolute atomic E-state index is 5.71. The first-order valence-corrected chi connectivity index (χ1v) is 18.4. The minimum Gasteiger partial charge on any atom is -0.415 e. The Labute approximate surface area is 244 Å². The molecule has 0 heterocycles. The summed E-state index contributed by atoms with van der Waals surface area (Å²) in [5, 5.41) is 0. The summed E-state index contributed by atoms with van der Waals surface area (Å²) in [6, 6.07) is 0. The second-order valence-electron chi connectivity index (χ2n) is 9.79. The number of hydrogen-bond acceptors (Lipinski definition) is 11. The van der Waals surface area contributed by atoms with Crippen molar-refractivity contribution in [1.29, 1.82) is 0 Å². The molecule has 0 saturated carbocycles. The van der Waals surface area contributed by atoms with E-state index in [1.807, 2.05) is 0 Å². The second kappa shape index (κ2) is 33.3. The lowest BCUT2D eigenvalue weighted by Gasteiger charge is -2.16. The molecule has 12 heteroatoms. The molecule has 0 aromatic carbocycles. The quantitative estimate of drug-likeness (QED) is 0.0792.